The molecule has 0 aromatic heterocycles. The van der Waals surface area contributed by atoms with Crippen LogP contribution in [0.25, 0.3) is 0 Å². The number of nitrogens with zero attached hydrogens (tertiary/aromatic N) is 1. The van der Waals surface area contributed by atoms with E-state index in [0.29, 0.717) is 12.0 Å². The van der Waals surface area contributed by atoms with Gasteiger partial charge in [-0.2, -0.15) is 0 Å². The Labute approximate surface area is 64.4 Å². The lowest BCUT2D eigenvalue weighted by molar-refractivity contribution is 0.212. The SMILES string of the molecule is CCN(C)C(C)C(C)CN. The molecule has 2 unspecified atom stereocenters. The monoisotopic (exact) mass is 144 g/mol. The molecule has 0 amide bonds. The second-order valence-electron chi connectivity index (χ2n) is 3.03. The van der Waals surface area contributed by atoms with Gasteiger partial charge in [-0.1, -0.05) is 13.8 Å². The van der Waals surface area contributed by atoms with Gasteiger partial charge in [-0.15, -0.1) is 0 Å². The molecule has 2 N–H and O–H groups in total. The van der Waals surface area contributed by atoms with Crippen molar-refractivity contribution in [3.8, 4) is 0 Å². The van der Waals surface area contributed by atoms with E-state index >= 15 is 0 Å². The molecular weight excluding hydrogens is 124 g/mol. The van der Waals surface area contributed by atoms with Gasteiger partial charge in [0.2, 0.25) is 0 Å². The minimum Gasteiger partial charge on any atom is -0.330 e. The van der Waals surface area contributed by atoms with Crippen LogP contribution in [0.5, 0.6) is 0 Å². The standard InChI is InChI=1S/C8H20N2/c1-5-10(4)8(3)7(2)6-9/h7-8H,5-6,9H2,1-4H3. The zero-order valence-electron chi connectivity index (χ0n) is 7.59. The van der Waals surface area contributed by atoms with Crippen molar-refractivity contribution in [2.75, 3.05) is 20.1 Å². The van der Waals surface area contributed by atoms with Crippen LogP contribution in [0.1, 0.15) is 20.8 Å². The summed E-state index contributed by atoms with van der Waals surface area (Å²) in [6, 6.07) is 0.606. The van der Waals surface area contributed by atoms with Gasteiger partial charge in [0.25, 0.3) is 0 Å². The van der Waals surface area contributed by atoms with Gasteiger partial charge in [-0.3, -0.25) is 0 Å². The second kappa shape index (κ2) is 4.69. The predicted molar refractivity (Wildman–Crippen MR) is 46.0 cm³/mol. The van der Waals surface area contributed by atoms with Crippen molar-refractivity contribution >= 4 is 0 Å². The third-order valence-corrected chi connectivity index (χ3v) is 2.39. The fourth-order valence-electron chi connectivity index (χ4n) is 0.919. The van der Waals surface area contributed by atoms with Crippen LogP contribution in [-0.4, -0.2) is 31.1 Å². The summed E-state index contributed by atoms with van der Waals surface area (Å²) in [4.78, 5) is 2.32. The first-order valence-corrected chi connectivity index (χ1v) is 4.03. The molecule has 0 saturated heterocycles. The summed E-state index contributed by atoms with van der Waals surface area (Å²) in [5.41, 5.74) is 5.54. The zero-order valence-corrected chi connectivity index (χ0v) is 7.59. The number of hydrogen-bond donors (Lipinski definition) is 1. The average molecular weight is 144 g/mol. The van der Waals surface area contributed by atoms with E-state index in [9.17, 15) is 0 Å². The van der Waals surface area contributed by atoms with Crippen LogP contribution in [0.4, 0.5) is 0 Å². The Morgan fingerprint density at radius 2 is 1.90 bits per heavy atom. The highest BCUT2D eigenvalue weighted by molar-refractivity contribution is 4.69. The summed E-state index contributed by atoms with van der Waals surface area (Å²) in [5.74, 6) is 0.602. The van der Waals surface area contributed by atoms with E-state index in [0.717, 1.165) is 13.1 Å². The normalized spacial score (nSPS) is 17.4. The lowest BCUT2D eigenvalue weighted by Gasteiger charge is -2.27. The molecule has 0 bridgehead atoms. The van der Waals surface area contributed by atoms with E-state index in [4.69, 9.17) is 5.73 Å². The Kier molecular flexibility index (Phi) is 4.65. The van der Waals surface area contributed by atoms with Crippen molar-refractivity contribution in [2.24, 2.45) is 11.7 Å². The maximum absolute atomic E-state index is 5.54. The van der Waals surface area contributed by atoms with Crippen LogP contribution in [-0.2, 0) is 0 Å². The van der Waals surface area contributed by atoms with Gasteiger partial charge in [-0.25, -0.2) is 0 Å². The molecule has 0 radical (unpaired) electrons. The molecule has 0 saturated carbocycles. The first kappa shape index (κ1) is 9.92. The third-order valence-electron chi connectivity index (χ3n) is 2.39. The fraction of sp³-hybridized carbons (Fsp3) is 1.00. The highest BCUT2D eigenvalue weighted by atomic mass is 15.1. The molecule has 2 atom stereocenters. The smallest absolute Gasteiger partial charge is 0.0101 e. The summed E-state index contributed by atoms with van der Waals surface area (Å²) in [5, 5.41) is 0. The van der Waals surface area contributed by atoms with Crippen molar-refractivity contribution in [3.63, 3.8) is 0 Å². The minimum atomic E-state index is 0.602. The second-order valence-corrected chi connectivity index (χ2v) is 3.03. The van der Waals surface area contributed by atoms with Gasteiger partial charge in [0, 0.05) is 6.04 Å². The van der Waals surface area contributed by atoms with Crippen molar-refractivity contribution in [1.29, 1.82) is 0 Å². The van der Waals surface area contributed by atoms with E-state index in [1.165, 1.54) is 0 Å². The Morgan fingerprint density at radius 1 is 1.40 bits per heavy atom. The van der Waals surface area contributed by atoms with Gasteiger partial charge < -0.3 is 10.6 Å². The molecule has 62 valence electrons. The van der Waals surface area contributed by atoms with Gasteiger partial charge in [-0.05, 0) is 33.0 Å². The van der Waals surface area contributed by atoms with Crippen LogP contribution < -0.4 is 5.73 Å². The Morgan fingerprint density at radius 3 is 2.20 bits per heavy atom. The Balaban J connectivity index is 3.69. The summed E-state index contributed by atoms with van der Waals surface area (Å²) in [6.45, 7) is 8.47. The molecule has 0 fully saturated rings. The van der Waals surface area contributed by atoms with Gasteiger partial charge in [0.15, 0.2) is 0 Å². The Hall–Kier alpha value is -0.0800. The van der Waals surface area contributed by atoms with E-state index in [1.807, 2.05) is 0 Å². The van der Waals surface area contributed by atoms with E-state index in [2.05, 4.69) is 32.7 Å². The van der Waals surface area contributed by atoms with E-state index < -0.39 is 0 Å². The van der Waals surface area contributed by atoms with Crippen LogP contribution in [0, 0.1) is 5.92 Å². The molecule has 0 heterocycles. The fourth-order valence-corrected chi connectivity index (χ4v) is 0.919. The van der Waals surface area contributed by atoms with Gasteiger partial charge in [0.1, 0.15) is 0 Å². The lowest BCUT2D eigenvalue weighted by atomic mass is 10.0. The highest BCUT2D eigenvalue weighted by Gasteiger charge is 2.13. The average Bonchev–Trinajstić information content (AvgIpc) is 2.00. The van der Waals surface area contributed by atoms with Crippen LogP contribution in [0.2, 0.25) is 0 Å². The number of rotatable bonds is 4. The summed E-state index contributed by atoms with van der Waals surface area (Å²) < 4.78 is 0. The molecule has 0 aromatic carbocycles. The number of hydrogen-bond acceptors (Lipinski definition) is 2. The minimum absolute atomic E-state index is 0.602. The maximum Gasteiger partial charge on any atom is 0.0101 e. The zero-order chi connectivity index (χ0) is 8.15. The summed E-state index contributed by atoms with van der Waals surface area (Å²) in [6.07, 6.45) is 0. The number of nitrogens with two attached hydrogens (primary N) is 1. The van der Waals surface area contributed by atoms with Crippen LogP contribution in [0.15, 0.2) is 0 Å². The molecule has 10 heavy (non-hydrogen) atoms. The lowest BCUT2D eigenvalue weighted by Crippen LogP contribution is -2.37. The first-order chi connectivity index (χ1) is 4.63. The quantitative estimate of drug-likeness (QED) is 0.636. The molecule has 0 aliphatic rings. The molecule has 2 nitrogen and oxygen atoms in total. The molecule has 0 aromatic rings. The maximum atomic E-state index is 5.54. The molecule has 0 spiro atoms. The van der Waals surface area contributed by atoms with Crippen molar-refractivity contribution in [1.82, 2.24) is 4.90 Å². The van der Waals surface area contributed by atoms with Gasteiger partial charge in [0.05, 0.1) is 0 Å². The topological polar surface area (TPSA) is 29.3 Å². The molecular formula is C8H20N2. The van der Waals surface area contributed by atoms with E-state index in [-0.39, 0.29) is 0 Å². The van der Waals surface area contributed by atoms with Gasteiger partial charge >= 0.3 is 0 Å². The summed E-state index contributed by atoms with van der Waals surface area (Å²) >= 11 is 0. The molecule has 2 heteroatoms. The van der Waals surface area contributed by atoms with E-state index in [1.54, 1.807) is 0 Å². The largest absolute Gasteiger partial charge is 0.330 e. The molecule has 0 aliphatic carbocycles. The molecule has 0 rings (SSSR count). The summed E-state index contributed by atoms with van der Waals surface area (Å²) in [7, 11) is 2.14. The molecule has 0 aliphatic heterocycles. The predicted octanol–water partition coefficient (Wildman–Crippen LogP) is 0.921. The third kappa shape index (κ3) is 2.67. The first-order valence-electron chi connectivity index (χ1n) is 4.03. The highest BCUT2D eigenvalue weighted by Crippen LogP contribution is 2.06. The van der Waals surface area contributed by atoms with Crippen molar-refractivity contribution in [2.45, 2.75) is 26.8 Å². The van der Waals surface area contributed by atoms with Crippen molar-refractivity contribution < 1.29 is 0 Å². The Bertz CT molecular complexity index is 73.3. The van der Waals surface area contributed by atoms with Crippen LogP contribution >= 0.6 is 0 Å². The van der Waals surface area contributed by atoms with Crippen LogP contribution in [0.3, 0.4) is 0 Å². The van der Waals surface area contributed by atoms with Crippen molar-refractivity contribution in [3.05, 3.63) is 0 Å².